The largest absolute Gasteiger partial charge is 0.481 e. The van der Waals surface area contributed by atoms with Crippen molar-refractivity contribution in [3.05, 3.63) is 35.9 Å². The van der Waals surface area contributed by atoms with E-state index in [0.717, 1.165) is 0 Å². The van der Waals surface area contributed by atoms with Crippen LogP contribution in [0.4, 0.5) is 0 Å². The van der Waals surface area contributed by atoms with Crippen molar-refractivity contribution >= 4 is 53.3 Å². The first-order valence-electron chi connectivity index (χ1n) is 20.9. The number of rotatable bonds is 24. The number of amides is 7. The van der Waals surface area contributed by atoms with Gasteiger partial charge in [-0.3, -0.25) is 38.4 Å². The van der Waals surface area contributed by atoms with Crippen molar-refractivity contribution in [3.63, 3.8) is 0 Å². The number of carboxylic acids is 2. The average molecular weight is 859 g/mol. The Bertz CT molecular complexity index is 1710. The van der Waals surface area contributed by atoms with Crippen LogP contribution in [-0.2, 0) is 49.6 Å². The molecule has 0 aliphatic carbocycles. The minimum absolute atomic E-state index is 0.00569. The third-order valence-electron chi connectivity index (χ3n) is 10.6. The van der Waals surface area contributed by atoms with Crippen molar-refractivity contribution in [1.82, 2.24) is 36.8 Å². The Morgan fingerprint density at radius 3 is 1.79 bits per heavy atom. The van der Waals surface area contributed by atoms with Gasteiger partial charge in [0.1, 0.15) is 42.3 Å². The summed E-state index contributed by atoms with van der Waals surface area (Å²) >= 11 is 0. The highest BCUT2D eigenvalue weighted by atomic mass is 16.4. The Balaban J connectivity index is 2.19. The van der Waals surface area contributed by atoms with Crippen molar-refractivity contribution in [1.29, 1.82) is 0 Å². The molecule has 2 rings (SSSR count). The van der Waals surface area contributed by atoms with Crippen LogP contribution in [0.25, 0.3) is 0 Å². The van der Waals surface area contributed by atoms with E-state index in [1.54, 1.807) is 51.1 Å². The van der Waals surface area contributed by atoms with E-state index in [9.17, 15) is 48.3 Å². The Hall–Kier alpha value is -5.59. The highest BCUT2D eigenvalue weighted by molar-refractivity contribution is 5.97. The number of carbonyl (C=O) groups is 9. The van der Waals surface area contributed by atoms with Gasteiger partial charge in [-0.25, -0.2) is 4.79 Å². The molecule has 7 amide bonds. The molecule has 1 aliphatic rings. The number of likely N-dealkylation sites (tertiary alicyclic amines) is 1. The average Bonchev–Trinajstić information content (AvgIpc) is 3.70. The van der Waals surface area contributed by atoms with Gasteiger partial charge in [-0.05, 0) is 62.8 Å². The van der Waals surface area contributed by atoms with Gasteiger partial charge in [0.05, 0.1) is 6.04 Å². The third kappa shape index (κ3) is 16.4. The van der Waals surface area contributed by atoms with Crippen LogP contribution >= 0.6 is 0 Å². The van der Waals surface area contributed by atoms with Gasteiger partial charge in [0.25, 0.3) is 0 Å². The van der Waals surface area contributed by atoms with Crippen molar-refractivity contribution < 1.29 is 53.4 Å². The molecule has 1 aliphatic heterocycles. The van der Waals surface area contributed by atoms with Crippen molar-refractivity contribution in [3.8, 4) is 0 Å². The van der Waals surface area contributed by atoms with E-state index < -0.39 is 108 Å². The van der Waals surface area contributed by atoms with Gasteiger partial charge in [0.15, 0.2) is 0 Å². The number of nitrogens with two attached hydrogens (primary N) is 1. The van der Waals surface area contributed by atoms with E-state index in [0.29, 0.717) is 24.8 Å². The molecule has 1 aromatic carbocycles. The maximum absolute atomic E-state index is 14.0. The summed E-state index contributed by atoms with van der Waals surface area (Å²) < 4.78 is 0. The molecule has 0 aromatic heterocycles. The summed E-state index contributed by atoms with van der Waals surface area (Å²) in [5.74, 6) is -8.01. The van der Waals surface area contributed by atoms with Gasteiger partial charge in [-0.1, -0.05) is 78.3 Å². The fourth-order valence-electron chi connectivity index (χ4n) is 6.71. The summed E-state index contributed by atoms with van der Waals surface area (Å²) in [7, 11) is 0. The van der Waals surface area contributed by atoms with Gasteiger partial charge in [-0.15, -0.1) is 0 Å². The van der Waals surface area contributed by atoms with Crippen LogP contribution in [-0.4, -0.2) is 123 Å². The monoisotopic (exact) mass is 858 g/mol. The summed E-state index contributed by atoms with van der Waals surface area (Å²) in [4.78, 5) is 118. The quantitative estimate of drug-likeness (QED) is 0.0674. The number of carboxylic acid groups (broad SMARTS) is 2. The van der Waals surface area contributed by atoms with E-state index in [2.05, 4.69) is 31.9 Å². The molecule has 1 aromatic rings. The molecule has 0 saturated carbocycles. The number of hydrogen-bond donors (Lipinski definition) is 9. The number of nitrogens with one attached hydrogen (secondary N) is 6. The molecule has 0 bridgehead atoms. The second-order valence-electron chi connectivity index (χ2n) is 16.6. The second kappa shape index (κ2) is 24.6. The summed E-state index contributed by atoms with van der Waals surface area (Å²) in [5, 5.41) is 34.4. The fraction of sp³-hybridized carbons (Fsp3) is 0.643. The molecular formula is C42H66N8O11. The molecule has 0 radical (unpaired) electrons. The van der Waals surface area contributed by atoms with Crippen LogP contribution < -0.4 is 37.6 Å². The topological polar surface area (TPSA) is 296 Å². The van der Waals surface area contributed by atoms with E-state index in [4.69, 9.17) is 10.8 Å². The molecule has 1 saturated heterocycles. The van der Waals surface area contributed by atoms with Gasteiger partial charge in [-0.2, -0.15) is 0 Å². The van der Waals surface area contributed by atoms with Crippen LogP contribution in [0.3, 0.4) is 0 Å². The van der Waals surface area contributed by atoms with Crippen molar-refractivity contribution in [2.45, 2.75) is 149 Å². The zero-order valence-electron chi connectivity index (χ0n) is 36.5. The maximum atomic E-state index is 14.0. The summed E-state index contributed by atoms with van der Waals surface area (Å²) in [6, 6.07) is -0.342. The van der Waals surface area contributed by atoms with Crippen LogP contribution in [0.2, 0.25) is 0 Å². The molecule has 1 fully saturated rings. The molecule has 61 heavy (non-hydrogen) atoms. The molecule has 9 atom stereocenters. The molecule has 10 N–H and O–H groups in total. The SMILES string of the molecule is CC[C@H](C)[C@H](NC(=O)[C@H](C)NC(=O)[C@H](C)NC(=O)[C@H](CC(C)C)NC(=O)[C@H](Cc1ccccc1)NC(=O)[C@@H](NC(=O)[C@@H](N)CCC(=O)O)C(C)C)C(=O)N1CCC[C@H]1C(=O)O. The number of aliphatic carboxylic acids is 2. The Kier molecular flexibility index (Phi) is 20.8. The minimum Gasteiger partial charge on any atom is -0.481 e. The normalized spacial score (nSPS) is 17.7. The predicted octanol–water partition coefficient (Wildman–Crippen LogP) is 0.194. The van der Waals surface area contributed by atoms with Gasteiger partial charge in [0.2, 0.25) is 41.4 Å². The molecule has 0 spiro atoms. The fourth-order valence-corrected chi connectivity index (χ4v) is 6.71. The number of benzene rings is 1. The summed E-state index contributed by atoms with van der Waals surface area (Å²) in [6.07, 6.45) is 0.966. The molecule has 340 valence electrons. The minimum atomic E-state index is -1.23. The van der Waals surface area contributed by atoms with Gasteiger partial charge >= 0.3 is 11.9 Å². The van der Waals surface area contributed by atoms with Crippen LogP contribution in [0.5, 0.6) is 0 Å². The lowest BCUT2D eigenvalue weighted by Crippen LogP contribution is -2.60. The molecular weight excluding hydrogens is 793 g/mol. The van der Waals surface area contributed by atoms with E-state index >= 15 is 0 Å². The first-order chi connectivity index (χ1) is 28.6. The van der Waals surface area contributed by atoms with Crippen LogP contribution in [0.15, 0.2) is 30.3 Å². The molecule has 1 heterocycles. The number of hydrogen-bond acceptors (Lipinski definition) is 10. The lowest BCUT2D eigenvalue weighted by molar-refractivity contribution is -0.150. The maximum Gasteiger partial charge on any atom is 0.326 e. The van der Waals surface area contributed by atoms with Crippen molar-refractivity contribution in [2.24, 2.45) is 23.5 Å². The van der Waals surface area contributed by atoms with Crippen LogP contribution in [0, 0.1) is 17.8 Å². The number of carbonyl (C=O) groups excluding carboxylic acids is 7. The van der Waals surface area contributed by atoms with Gasteiger partial charge in [0, 0.05) is 19.4 Å². The molecule has 19 nitrogen and oxygen atoms in total. The predicted molar refractivity (Wildman–Crippen MR) is 224 cm³/mol. The van der Waals surface area contributed by atoms with Crippen molar-refractivity contribution in [2.75, 3.05) is 6.54 Å². The zero-order chi connectivity index (χ0) is 46.1. The van der Waals surface area contributed by atoms with E-state index in [1.807, 2.05) is 20.8 Å². The summed E-state index contributed by atoms with van der Waals surface area (Å²) in [6.45, 7) is 13.6. The first kappa shape index (κ1) is 51.6. The Labute approximate surface area is 357 Å². The van der Waals surface area contributed by atoms with E-state index in [1.165, 1.54) is 18.7 Å². The zero-order valence-corrected chi connectivity index (χ0v) is 36.5. The summed E-state index contributed by atoms with van der Waals surface area (Å²) in [5.41, 5.74) is 6.55. The second-order valence-corrected chi connectivity index (χ2v) is 16.6. The lowest BCUT2D eigenvalue weighted by Gasteiger charge is -2.31. The highest BCUT2D eigenvalue weighted by Crippen LogP contribution is 2.21. The Morgan fingerprint density at radius 1 is 0.705 bits per heavy atom. The first-order valence-corrected chi connectivity index (χ1v) is 20.9. The molecule has 0 unspecified atom stereocenters. The number of nitrogens with zero attached hydrogens (tertiary/aromatic N) is 1. The smallest absolute Gasteiger partial charge is 0.326 e. The van der Waals surface area contributed by atoms with Gasteiger partial charge < -0.3 is 52.7 Å². The third-order valence-corrected chi connectivity index (χ3v) is 10.6. The lowest BCUT2D eigenvalue weighted by atomic mass is 9.97. The standard InChI is InChI=1S/C42H66N8O11/c1-9-24(6)34(41(59)50-19-13-16-31(50)42(60)61)49-36(54)26(8)44-35(53)25(7)45-38(56)29(20-22(2)3)46-39(57)30(21-27-14-11-10-12-15-27)47-40(58)33(23(4)5)48-37(55)28(43)17-18-32(51)52/h10-12,14-15,22-26,28-31,33-34H,9,13,16-21,43H2,1-8H3,(H,44,53)(H,45,56)(H,46,57)(H,47,58)(H,48,55)(H,49,54)(H,51,52)(H,60,61)/t24-,25-,26-,28-,29-,30-,31-,33-,34-/m0/s1. The molecule has 19 heteroatoms. The highest BCUT2D eigenvalue weighted by Gasteiger charge is 2.40. The Morgan fingerprint density at radius 2 is 1.25 bits per heavy atom. The van der Waals surface area contributed by atoms with Crippen LogP contribution in [0.1, 0.15) is 99.5 Å². The van der Waals surface area contributed by atoms with E-state index in [-0.39, 0.29) is 44.1 Å².